The predicted octanol–water partition coefficient (Wildman–Crippen LogP) is 3.59. The minimum Gasteiger partial charge on any atom is -0.393 e. The van der Waals surface area contributed by atoms with Gasteiger partial charge in [-0.15, -0.1) is 0 Å². The molecule has 2 nitrogen and oxygen atoms in total. The van der Waals surface area contributed by atoms with Gasteiger partial charge in [0.2, 0.25) is 0 Å². The molecule has 0 spiro atoms. The van der Waals surface area contributed by atoms with Crippen molar-refractivity contribution in [3.8, 4) is 0 Å². The van der Waals surface area contributed by atoms with Crippen LogP contribution in [0.4, 0.5) is 0 Å². The van der Waals surface area contributed by atoms with Crippen LogP contribution in [0.1, 0.15) is 58.8 Å². The molecule has 0 radical (unpaired) electrons. The maximum atomic E-state index is 10.4. The lowest BCUT2D eigenvalue weighted by atomic mass is 9.51. The van der Waals surface area contributed by atoms with E-state index < -0.39 is 0 Å². The fraction of sp³-hybridized carbons (Fsp3) is 0.789. The highest BCUT2D eigenvalue weighted by Gasteiger charge is 2.55. The maximum absolute atomic E-state index is 10.4. The van der Waals surface area contributed by atoms with Gasteiger partial charge in [-0.3, -0.25) is 0 Å². The molecule has 4 rings (SSSR count). The molecule has 0 aromatic heterocycles. The lowest BCUT2D eigenvalue weighted by molar-refractivity contribution is 0.00143. The third-order valence-corrected chi connectivity index (χ3v) is 7.49. The molecule has 3 fully saturated rings. The van der Waals surface area contributed by atoms with Crippen molar-refractivity contribution in [2.75, 3.05) is 0 Å². The lowest BCUT2D eigenvalue weighted by Crippen LogP contribution is -2.46. The highest BCUT2D eigenvalue weighted by molar-refractivity contribution is 5.38. The SMILES string of the molecule is C[C@]12CC[C@H]3C(=CC=C4C[C@@H](O)CC[C@@]43C)[C@@H]1CC[C@H]2O. The van der Waals surface area contributed by atoms with Gasteiger partial charge < -0.3 is 10.2 Å². The number of hydrogen-bond donors (Lipinski definition) is 2. The summed E-state index contributed by atoms with van der Waals surface area (Å²) in [7, 11) is 0. The molecule has 2 N–H and O–H groups in total. The zero-order valence-corrected chi connectivity index (χ0v) is 13.3. The second-order valence-corrected chi connectivity index (χ2v) is 8.42. The summed E-state index contributed by atoms with van der Waals surface area (Å²) < 4.78 is 0. The fourth-order valence-electron chi connectivity index (χ4n) is 5.96. The van der Waals surface area contributed by atoms with Gasteiger partial charge in [0.05, 0.1) is 12.2 Å². The standard InChI is InChI=1S/C19H28O2/c1-18-9-7-13(20)11-12(18)3-4-14-15-5-6-17(21)19(15,2)10-8-16(14)18/h3-4,13,15-17,20-21H,5-11H2,1-2H3/t13-,15-,16-,17+,18-,19-/m0/s1. The van der Waals surface area contributed by atoms with E-state index in [0.29, 0.717) is 11.8 Å². The third-order valence-electron chi connectivity index (χ3n) is 7.49. The van der Waals surface area contributed by atoms with Crippen LogP contribution >= 0.6 is 0 Å². The quantitative estimate of drug-likeness (QED) is 0.715. The van der Waals surface area contributed by atoms with E-state index in [-0.39, 0.29) is 23.0 Å². The zero-order chi connectivity index (χ0) is 14.8. The highest BCUT2D eigenvalue weighted by atomic mass is 16.3. The van der Waals surface area contributed by atoms with Crippen LogP contribution in [0.25, 0.3) is 0 Å². The zero-order valence-electron chi connectivity index (χ0n) is 13.3. The average Bonchev–Trinajstić information content (AvgIpc) is 2.76. The molecule has 0 aromatic rings. The van der Waals surface area contributed by atoms with Gasteiger partial charge in [-0.2, -0.15) is 0 Å². The molecular formula is C19H28O2. The number of fused-ring (bicyclic) bond motifs is 5. The van der Waals surface area contributed by atoms with Gasteiger partial charge in [0.1, 0.15) is 0 Å². The first-order chi connectivity index (χ1) is 9.95. The molecule has 0 amide bonds. The maximum Gasteiger partial charge on any atom is 0.0599 e. The van der Waals surface area contributed by atoms with Crippen molar-refractivity contribution in [1.82, 2.24) is 0 Å². The smallest absolute Gasteiger partial charge is 0.0599 e. The minimum atomic E-state index is -0.138. The Bertz CT molecular complexity index is 520. The normalized spacial score (nSPS) is 52.4. The summed E-state index contributed by atoms with van der Waals surface area (Å²) >= 11 is 0. The van der Waals surface area contributed by atoms with E-state index in [1.54, 1.807) is 5.57 Å². The summed E-state index contributed by atoms with van der Waals surface area (Å²) in [6.45, 7) is 4.73. The Kier molecular flexibility index (Phi) is 2.97. The van der Waals surface area contributed by atoms with Gasteiger partial charge in [0, 0.05) is 5.41 Å². The third kappa shape index (κ3) is 1.78. The Balaban J connectivity index is 1.74. The van der Waals surface area contributed by atoms with Gasteiger partial charge in [0.25, 0.3) is 0 Å². The molecule has 21 heavy (non-hydrogen) atoms. The van der Waals surface area contributed by atoms with Crippen molar-refractivity contribution in [2.45, 2.75) is 71.0 Å². The molecule has 0 aromatic carbocycles. The highest BCUT2D eigenvalue weighted by Crippen LogP contribution is 2.63. The summed E-state index contributed by atoms with van der Waals surface area (Å²) in [5.74, 6) is 1.22. The molecule has 0 saturated heterocycles. The molecule has 4 aliphatic carbocycles. The Morgan fingerprint density at radius 3 is 2.57 bits per heavy atom. The lowest BCUT2D eigenvalue weighted by Gasteiger charge is -2.54. The molecule has 0 bridgehead atoms. The van der Waals surface area contributed by atoms with E-state index in [9.17, 15) is 10.2 Å². The Labute approximate surface area is 127 Å². The molecule has 2 heteroatoms. The molecule has 3 saturated carbocycles. The topological polar surface area (TPSA) is 40.5 Å². The van der Waals surface area contributed by atoms with E-state index in [1.807, 2.05) is 0 Å². The second-order valence-electron chi connectivity index (χ2n) is 8.42. The molecule has 0 aliphatic heterocycles. The van der Waals surface area contributed by atoms with Crippen LogP contribution in [0.5, 0.6) is 0 Å². The first-order valence-corrected chi connectivity index (χ1v) is 8.72. The van der Waals surface area contributed by atoms with Gasteiger partial charge in [-0.05, 0) is 62.2 Å². The molecule has 4 aliphatic rings. The van der Waals surface area contributed by atoms with Crippen molar-refractivity contribution in [1.29, 1.82) is 0 Å². The fourth-order valence-corrected chi connectivity index (χ4v) is 5.96. The molecule has 116 valence electrons. The van der Waals surface area contributed by atoms with E-state index in [4.69, 9.17) is 0 Å². The Morgan fingerprint density at radius 2 is 1.76 bits per heavy atom. The van der Waals surface area contributed by atoms with Gasteiger partial charge in [-0.25, -0.2) is 0 Å². The van der Waals surface area contributed by atoms with Crippen LogP contribution in [0.15, 0.2) is 23.3 Å². The summed E-state index contributed by atoms with van der Waals surface area (Å²) in [4.78, 5) is 0. The summed E-state index contributed by atoms with van der Waals surface area (Å²) in [5, 5.41) is 20.4. The van der Waals surface area contributed by atoms with E-state index in [1.165, 1.54) is 12.0 Å². The van der Waals surface area contributed by atoms with E-state index in [0.717, 1.165) is 38.5 Å². The van der Waals surface area contributed by atoms with E-state index >= 15 is 0 Å². The van der Waals surface area contributed by atoms with Gasteiger partial charge in [-0.1, -0.05) is 37.1 Å². The second kappa shape index (κ2) is 4.45. The van der Waals surface area contributed by atoms with Crippen molar-refractivity contribution in [3.63, 3.8) is 0 Å². The average molecular weight is 288 g/mol. The van der Waals surface area contributed by atoms with Gasteiger partial charge >= 0.3 is 0 Å². The molecular weight excluding hydrogens is 260 g/mol. The largest absolute Gasteiger partial charge is 0.393 e. The number of aliphatic hydroxyl groups excluding tert-OH is 2. The van der Waals surface area contributed by atoms with Crippen LogP contribution in [0.2, 0.25) is 0 Å². The van der Waals surface area contributed by atoms with Crippen molar-refractivity contribution in [2.24, 2.45) is 22.7 Å². The van der Waals surface area contributed by atoms with Crippen LogP contribution in [0.3, 0.4) is 0 Å². The number of hydrogen-bond acceptors (Lipinski definition) is 2. The Hall–Kier alpha value is -0.600. The van der Waals surface area contributed by atoms with Crippen molar-refractivity contribution >= 4 is 0 Å². The van der Waals surface area contributed by atoms with Crippen LogP contribution in [-0.2, 0) is 0 Å². The summed E-state index contributed by atoms with van der Waals surface area (Å²) in [5.41, 5.74) is 3.45. The molecule has 6 atom stereocenters. The van der Waals surface area contributed by atoms with Crippen molar-refractivity contribution in [3.05, 3.63) is 23.3 Å². The van der Waals surface area contributed by atoms with Crippen LogP contribution in [0, 0.1) is 22.7 Å². The monoisotopic (exact) mass is 288 g/mol. The van der Waals surface area contributed by atoms with Crippen LogP contribution < -0.4 is 0 Å². The van der Waals surface area contributed by atoms with Crippen LogP contribution in [-0.4, -0.2) is 22.4 Å². The van der Waals surface area contributed by atoms with E-state index in [2.05, 4.69) is 26.0 Å². The van der Waals surface area contributed by atoms with Gasteiger partial charge in [0.15, 0.2) is 0 Å². The molecule has 0 unspecified atom stereocenters. The molecule has 0 heterocycles. The Morgan fingerprint density at radius 1 is 0.952 bits per heavy atom. The van der Waals surface area contributed by atoms with Crippen molar-refractivity contribution < 1.29 is 10.2 Å². The number of rotatable bonds is 0. The number of aliphatic hydroxyl groups is 2. The minimum absolute atomic E-state index is 0.109. The summed E-state index contributed by atoms with van der Waals surface area (Å²) in [6.07, 6.45) is 11.8. The first-order valence-electron chi connectivity index (χ1n) is 8.72. The number of allylic oxidation sites excluding steroid dienone is 3. The first kappa shape index (κ1) is 14.0. The summed E-state index contributed by atoms with van der Waals surface area (Å²) in [6, 6.07) is 0. The predicted molar refractivity (Wildman–Crippen MR) is 83.7 cm³/mol.